The maximum atomic E-state index is 13.6. The van der Waals surface area contributed by atoms with Gasteiger partial charge in [-0.15, -0.1) is 0 Å². The first-order chi connectivity index (χ1) is 29.3. The van der Waals surface area contributed by atoms with E-state index in [4.69, 9.17) is 30.5 Å². The van der Waals surface area contributed by atoms with Crippen molar-refractivity contribution in [3.8, 4) is 34.1 Å². The third kappa shape index (κ3) is 9.25. The van der Waals surface area contributed by atoms with Crippen LogP contribution >= 0.6 is 11.6 Å². The third-order valence-electron chi connectivity index (χ3n) is 9.66. The normalized spacial score (nSPS) is 12.2. The molecule has 1 aliphatic heterocycles. The molecule has 0 bridgehead atoms. The summed E-state index contributed by atoms with van der Waals surface area (Å²) in [5.74, 6) is -0.173. The van der Waals surface area contributed by atoms with Crippen molar-refractivity contribution in [2.45, 2.75) is 19.4 Å². The van der Waals surface area contributed by atoms with Gasteiger partial charge in [0.15, 0.2) is 0 Å². The van der Waals surface area contributed by atoms with Crippen LogP contribution in [0.25, 0.3) is 22.0 Å². The second kappa shape index (κ2) is 18.2. The van der Waals surface area contributed by atoms with Crippen LogP contribution in [0.5, 0.6) is 23.0 Å². The van der Waals surface area contributed by atoms with E-state index in [1.807, 2.05) is 66.7 Å². The zero-order valence-corrected chi connectivity index (χ0v) is 32.7. The molecule has 0 unspecified atom stereocenters. The Morgan fingerprint density at radius 3 is 2.37 bits per heavy atom. The molecule has 0 aliphatic carbocycles. The van der Waals surface area contributed by atoms with E-state index in [1.54, 1.807) is 42.5 Å². The maximum absolute atomic E-state index is 13.6. The number of amides is 2. The molecular weight excluding hydrogens is 787 g/mol. The number of hydrogen-bond acceptors (Lipinski definition) is 10. The zero-order valence-electron chi connectivity index (χ0n) is 32.0. The maximum Gasteiger partial charge on any atom is 0.299 e. The van der Waals surface area contributed by atoms with Crippen LogP contribution in [0.4, 0.5) is 15.9 Å². The first-order valence-corrected chi connectivity index (χ1v) is 19.5. The summed E-state index contributed by atoms with van der Waals surface area (Å²) in [5.41, 5.74) is 5.11. The van der Waals surface area contributed by atoms with Crippen LogP contribution in [-0.4, -0.2) is 47.4 Å². The molecule has 0 spiro atoms. The predicted octanol–water partition coefficient (Wildman–Crippen LogP) is 9.69. The highest BCUT2D eigenvalue weighted by Gasteiger charge is 2.33. The average Bonchev–Trinajstić information content (AvgIpc) is 3.26. The third-order valence-corrected chi connectivity index (χ3v) is 9.95. The van der Waals surface area contributed by atoms with Gasteiger partial charge in [0.1, 0.15) is 54.2 Å². The molecule has 1 aromatic heterocycles. The van der Waals surface area contributed by atoms with Crippen molar-refractivity contribution in [2.24, 2.45) is 0 Å². The van der Waals surface area contributed by atoms with Gasteiger partial charge in [0.05, 0.1) is 22.7 Å². The molecule has 11 nitrogen and oxygen atoms in total. The summed E-state index contributed by atoms with van der Waals surface area (Å²) in [6.45, 7) is 1.44. The summed E-state index contributed by atoms with van der Waals surface area (Å²) >= 11 is 6.55. The van der Waals surface area contributed by atoms with Crippen LogP contribution < -0.4 is 24.8 Å². The lowest BCUT2D eigenvalue weighted by Gasteiger charge is -2.18. The highest BCUT2D eigenvalue weighted by atomic mass is 35.5. The molecule has 0 saturated heterocycles. The molecule has 2 heterocycles. The van der Waals surface area contributed by atoms with E-state index in [0.29, 0.717) is 72.0 Å². The van der Waals surface area contributed by atoms with E-state index in [-0.39, 0.29) is 29.3 Å². The first kappa shape index (κ1) is 39.7. The number of anilines is 2. The standard InChI is InChI=1S/C47H36ClFN4O7/c48-38-26-34(16-20-41(38)59-27-29-6-3-9-33(49)24-29)52-45-37-25-32(15-19-39(37)50-28-51-45)30-13-17-35(18-14-30)58-23-22-57-21-5-8-31-7-1-2-11-40(31)60-42-12-4-10-36-43(42)46(55)53-47(56)44(36)54/h1-4,6-7,9-20,24-26,28H,5,8,21-23,27H2,(H,50,51,52)(H,53,55,56). The van der Waals surface area contributed by atoms with Crippen molar-refractivity contribution in [2.75, 3.05) is 25.1 Å². The molecule has 0 atom stereocenters. The Morgan fingerprint density at radius 2 is 1.52 bits per heavy atom. The summed E-state index contributed by atoms with van der Waals surface area (Å²) in [6, 6.07) is 37.4. The lowest BCUT2D eigenvalue weighted by molar-refractivity contribution is -0.116. The molecule has 300 valence electrons. The van der Waals surface area contributed by atoms with Crippen molar-refractivity contribution in [3.05, 3.63) is 167 Å². The number of fused-ring (bicyclic) bond motifs is 2. The van der Waals surface area contributed by atoms with Gasteiger partial charge in [0, 0.05) is 23.2 Å². The van der Waals surface area contributed by atoms with Crippen LogP contribution in [-0.2, 0) is 22.6 Å². The Kier molecular flexibility index (Phi) is 12.0. The fraction of sp³-hybridized carbons (Fsp3) is 0.128. The topological polar surface area (TPSA) is 138 Å². The number of hydrogen-bond donors (Lipinski definition) is 2. The number of carbonyl (C=O) groups excluding carboxylic acids is 3. The lowest BCUT2D eigenvalue weighted by Crippen LogP contribution is -2.42. The first-order valence-electron chi connectivity index (χ1n) is 19.1. The van der Waals surface area contributed by atoms with Gasteiger partial charge in [-0.25, -0.2) is 14.4 Å². The Morgan fingerprint density at radius 1 is 0.700 bits per heavy atom. The van der Waals surface area contributed by atoms with Gasteiger partial charge in [-0.3, -0.25) is 19.7 Å². The van der Waals surface area contributed by atoms with E-state index < -0.39 is 17.6 Å². The number of benzene rings is 6. The highest BCUT2D eigenvalue weighted by Crippen LogP contribution is 2.34. The number of carbonyl (C=O) groups is 3. The number of rotatable bonds is 16. The van der Waals surface area contributed by atoms with Gasteiger partial charge in [-0.1, -0.05) is 66.2 Å². The van der Waals surface area contributed by atoms with Crippen molar-refractivity contribution in [3.63, 3.8) is 0 Å². The molecule has 7 aromatic rings. The molecule has 6 aromatic carbocycles. The molecule has 1 aliphatic rings. The van der Waals surface area contributed by atoms with Crippen molar-refractivity contribution < 1.29 is 37.7 Å². The SMILES string of the molecule is O=C1NC(=O)c2c(Oc3ccccc3CCCOCCOc3ccc(-c4ccc5ncnc(Nc6ccc(OCc7cccc(F)c7)c(Cl)c6)c5c4)cc3)cccc2C1=O. The molecule has 0 fully saturated rings. The van der Waals surface area contributed by atoms with Gasteiger partial charge in [0.25, 0.3) is 17.6 Å². The van der Waals surface area contributed by atoms with Crippen LogP contribution in [0.3, 0.4) is 0 Å². The molecule has 0 radical (unpaired) electrons. The summed E-state index contributed by atoms with van der Waals surface area (Å²) in [5, 5.41) is 6.65. The Labute approximate surface area is 349 Å². The Balaban J connectivity index is 0.814. The molecule has 2 N–H and O–H groups in total. The van der Waals surface area contributed by atoms with E-state index in [2.05, 4.69) is 20.6 Å². The van der Waals surface area contributed by atoms with Crippen LogP contribution in [0.2, 0.25) is 5.02 Å². The largest absolute Gasteiger partial charge is 0.491 e. The predicted molar refractivity (Wildman–Crippen MR) is 225 cm³/mol. The minimum atomic E-state index is -0.952. The van der Waals surface area contributed by atoms with Crippen molar-refractivity contribution in [1.82, 2.24) is 15.3 Å². The monoisotopic (exact) mass is 822 g/mol. The summed E-state index contributed by atoms with van der Waals surface area (Å²) < 4.78 is 37.3. The molecule has 13 heteroatoms. The number of nitrogens with zero attached hydrogens (tertiary/aromatic N) is 2. The fourth-order valence-electron chi connectivity index (χ4n) is 6.70. The fourth-order valence-corrected chi connectivity index (χ4v) is 6.93. The molecule has 2 amide bonds. The van der Waals surface area contributed by atoms with Gasteiger partial charge < -0.3 is 24.3 Å². The van der Waals surface area contributed by atoms with Gasteiger partial charge in [0.2, 0.25) is 0 Å². The highest BCUT2D eigenvalue weighted by molar-refractivity contribution is 6.49. The van der Waals surface area contributed by atoms with Crippen LogP contribution in [0, 0.1) is 5.82 Å². The van der Waals surface area contributed by atoms with E-state index in [9.17, 15) is 18.8 Å². The number of ether oxygens (including phenoxy) is 4. The van der Waals surface area contributed by atoms with E-state index in [1.165, 1.54) is 24.5 Å². The number of ketones is 1. The number of nitrogens with one attached hydrogen (secondary N) is 2. The van der Waals surface area contributed by atoms with Crippen molar-refractivity contribution in [1.29, 1.82) is 0 Å². The van der Waals surface area contributed by atoms with Gasteiger partial charge >= 0.3 is 0 Å². The summed E-state index contributed by atoms with van der Waals surface area (Å²) in [7, 11) is 0. The Bertz CT molecular complexity index is 2730. The quantitative estimate of drug-likeness (QED) is 0.0551. The average molecular weight is 823 g/mol. The van der Waals surface area contributed by atoms with Crippen molar-refractivity contribution >= 4 is 51.6 Å². The number of aromatic nitrogens is 2. The summed E-state index contributed by atoms with van der Waals surface area (Å²) in [4.78, 5) is 45.6. The number of halogens is 2. The molecule has 0 saturated carbocycles. The second-order valence-corrected chi connectivity index (χ2v) is 14.1. The second-order valence-electron chi connectivity index (χ2n) is 13.7. The van der Waals surface area contributed by atoms with Crippen LogP contribution in [0.1, 0.15) is 38.3 Å². The van der Waals surface area contributed by atoms with Gasteiger partial charge in [-0.05, 0) is 108 Å². The van der Waals surface area contributed by atoms with E-state index in [0.717, 1.165) is 27.6 Å². The molecule has 60 heavy (non-hydrogen) atoms. The summed E-state index contributed by atoms with van der Waals surface area (Å²) in [6.07, 6.45) is 2.86. The number of aryl methyl sites for hydroxylation is 1. The van der Waals surface area contributed by atoms with Gasteiger partial charge in [-0.2, -0.15) is 0 Å². The lowest BCUT2D eigenvalue weighted by atomic mass is 9.98. The molecular formula is C47H36ClFN4O7. The molecule has 8 rings (SSSR count). The number of para-hydroxylation sites is 1. The zero-order chi connectivity index (χ0) is 41.4. The number of imide groups is 1. The number of Topliss-reactive ketones (excluding diaryl/α,β-unsaturated/α-hetero) is 1. The Hall–Kier alpha value is -7.15. The minimum Gasteiger partial charge on any atom is -0.491 e. The smallest absolute Gasteiger partial charge is 0.299 e. The minimum absolute atomic E-state index is 0.0216. The van der Waals surface area contributed by atoms with Crippen LogP contribution in [0.15, 0.2) is 134 Å². The van der Waals surface area contributed by atoms with E-state index >= 15 is 0 Å².